The summed E-state index contributed by atoms with van der Waals surface area (Å²) in [6.45, 7) is 5.97. The predicted octanol–water partition coefficient (Wildman–Crippen LogP) is 14.7. The van der Waals surface area contributed by atoms with Gasteiger partial charge in [0.2, 0.25) is 0 Å². The summed E-state index contributed by atoms with van der Waals surface area (Å²) in [7, 11) is 0. The molecule has 0 bridgehead atoms. The summed E-state index contributed by atoms with van der Waals surface area (Å²) in [5.41, 5.74) is 0. The Labute approximate surface area is 432 Å². The maximum atomic E-state index is 13.1. The molecule has 71 heavy (non-hydrogen) atoms. The van der Waals surface area contributed by atoms with Crippen LogP contribution < -0.4 is 0 Å². The molecular formula is C59H106O12. The fourth-order valence-corrected chi connectivity index (χ4v) is 8.95. The van der Waals surface area contributed by atoms with E-state index in [1.165, 1.54) is 122 Å². The van der Waals surface area contributed by atoms with Gasteiger partial charge in [-0.25, -0.2) is 4.79 Å². The van der Waals surface area contributed by atoms with Crippen LogP contribution >= 0.6 is 0 Å². The minimum atomic E-state index is -1.90. The number of aliphatic hydroxyl groups excluding tert-OH is 2. The van der Waals surface area contributed by atoms with Crippen LogP contribution in [0.5, 0.6) is 0 Å². The van der Waals surface area contributed by atoms with Gasteiger partial charge in [0.1, 0.15) is 18.8 Å². The quantitative estimate of drug-likeness (QED) is 0.0228. The third kappa shape index (κ3) is 38.4. The first-order chi connectivity index (χ1) is 34.6. The number of carbonyl (C=O) groups is 4. The van der Waals surface area contributed by atoms with E-state index in [1.807, 2.05) is 0 Å². The van der Waals surface area contributed by atoms with Gasteiger partial charge in [0.15, 0.2) is 24.6 Å². The van der Waals surface area contributed by atoms with Crippen LogP contribution in [0.2, 0.25) is 0 Å². The molecule has 0 aromatic heterocycles. The van der Waals surface area contributed by atoms with Crippen molar-refractivity contribution in [2.75, 3.05) is 13.2 Å². The average Bonchev–Trinajstić information content (AvgIpc) is 3.35. The number of carboxylic acid groups (broad SMARTS) is 1. The van der Waals surface area contributed by atoms with Crippen molar-refractivity contribution in [1.82, 2.24) is 0 Å². The Kier molecular flexibility index (Phi) is 44.9. The molecule has 6 unspecified atom stereocenters. The molecule has 0 aliphatic carbocycles. The molecule has 0 saturated carbocycles. The lowest BCUT2D eigenvalue weighted by Crippen LogP contribution is -2.61. The molecule has 0 spiro atoms. The van der Waals surface area contributed by atoms with E-state index in [9.17, 15) is 34.5 Å². The van der Waals surface area contributed by atoms with Crippen molar-refractivity contribution in [2.45, 2.75) is 314 Å². The van der Waals surface area contributed by atoms with Crippen LogP contribution in [0, 0.1) is 0 Å². The summed E-state index contributed by atoms with van der Waals surface area (Å²) in [5, 5.41) is 31.4. The minimum Gasteiger partial charge on any atom is -0.479 e. The van der Waals surface area contributed by atoms with Gasteiger partial charge in [-0.05, 0) is 70.6 Å². The summed E-state index contributed by atoms with van der Waals surface area (Å²) in [6, 6.07) is 0. The molecule has 1 heterocycles. The van der Waals surface area contributed by atoms with Crippen molar-refractivity contribution in [3.8, 4) is 0 Å². The van der Waals surface area contributed by atoms with Crippen LogP contribution in [-0.2, 0) is 42.9 Å². The van der Waals surface area contributed by atoms with Gasteiger partial charge < -0.3 is 39.0 Å². The van der Waals surface area contributed by atoms with Crippen molar-refractivity contribution >= 4 is 23.9 Å². The van der Waals surface area contributed by atoms with E-state index in [2.05, 4.69) is 45.1 Å². The van der Waals surface area contributed by atoms with E-state index in [0.29, 0.717) is 19.3 Å². The lowest BCUT2D eigenvalue weighted by molar-refractivity contribution is -0.301. The molecule has 0 aromatic carbocycles. The maximum Gasteiger partial charge on any atom is 0.335 e. The molecule has 1 aliphatic heterocycles. The Balaban J connectivity index is 2.70. The highest BCUT2D eigenvalue weighted by molar-refractivity contribution is 5.74. The highest BCUT2D eigenvalue weighted by atomic mass is 16.7. The second kappa shape index (κ2) is 48.2. The van der Waals surface area contributed by atoms with E-state index in [1.54, 1.807) is 0 Å². The molecule has 6 atom stereocenters. The van der Waals surface area contributed by atoms with Gasteiger partial charge >= 0.3 is 23.9 Å². The molecule has 0 radical (unpaired) electrons. The minimum absolute atomic E-state index is 0.0537. The number of allylic oxidation sites excluding steroid dienone is 4. The largest absolute Gasteiger partial charge is 0.479 e. The number of esters is 3. The number of rotatable bonds is 50. The van der Waals surface area contributed by atoms with Gasteiger partial charge in [-0.3, -0.25) is 14.4 Å². The standard InChI is InChI=1S/C59H106O12/c1-4-7-10-13-16-19-22-25-26-29-30-33-36-39-42-45-51(60)67-48-50(69-52(61)46-43-40-37-34-31-27-23-20-17-14-11-8-5-2)49-68-59-57(55(64)54(63)56(71-59)58(65)66)70-53(62)47-44-41-38-35-32-28-24-21-18-15-12-9-6-3/h21,24-26,50,54-57,59,63-64H,4-20,22-23,27-49H2,1-3H3,(H,65,66)/b24-21-,26-25-. The van der Waals surface area contributed by atoms with Crippen molar-refractivity contribution in [1.29, 1.82) is 0 Å². The predicted molar refractivity (Wildman–Crippen MR) is 285 cm³/mol. The van der Waals surface area contributed by atoms with Gasteiger partial charge in [-0.15, -0.1) is 0 Å². The smallest absolute Gasteiger partial charge is 0.335 e. The number of unbranched alkanes of at least 4 members (excludes halogenated alkanes) is 32. The lowest BCUT2D eigenvalue weighted by atomic mass is 9.98. The van der Waals surface area contributed by atoms with Crippen molar-refractivity contribution in [2.24, 2.45) is 0 Å². The van der Waals surface area contributed by atoms with Crippen LogP contribution in [0.15, 0.2) is 24.3 Å². The van der Waals surface area contributed by atoms with Crippen LogP contribution in [-0.4, -0.2) is 89.2 Å². The highest BCUT2D eigenvalue weighted by Crippen LogP contribution is 2.26. The van der Waals surface area contributed by atoms with Gasteiger partial charge in [0.25, 0.3) is 0 Å². The Hall–Kier alpha value is -2.80. The summed E-state index contributed by atoms with van der Waals surface area (Å²) in [6.07, 6.45) is 41.5. The molecule has 414 valence electrons. The summed E-state index contributed by atoms with van der Waals surface area (Å²) >= 11 is 0. The third-order valence-corrected chi connectivity index (χ3v) is 13.5. The Bertz CT molecular complexity index is 1340. The number of aliphatic hydroxyl groups is 2. The Morgan fingerprint density at radius 3 is 1.21 bits per heavy atom. The van der Waals surface area contributed by atoms with E-state index in [-0.39, 0.29) is 25.9 Å². The van der Waals surface area contributed by atoms with Crippen LogP contribution in [0.3, 0.4) is 0 Å². The second-order valence-electron chi connectivity index (χ2n) is 20.3. The van der Waals surface area contributed by atoms with E-state index in [4.69, 9.17) is 23.7 Å². The number of carbonyl (C=O) groups excluding carboxylic acids is 3. The summed E-state index contributed by atoms with van der Waals surface area (Å²) in [5.74, 6) is -3.11. The molecule has 3 N–H and O–H groups in total. The Morgan fingerprint density at radius 2 is 0.803 bits per heavy atom. The molecule has 0 aromatic rings. The zero-order valence-electron chi connectivity index (χ0n) is 45.5. The number of carboxylic acids is 1. The molecule has 1 aliphatic rings. The zero-order chi connectivity index (χ0) is 51.8. The van der Waals surface area contributed by atoms with Gasteiger partial charge in [0, 0.05) is 19.3 Å². The van der Waals surface area contributed by atoms with Crippen LogP contribution in [0.25, 0.3) is 0 Å². The number of hydrogen-bond donors (Lipinski definition) is 3. The number of ether oxygens (including phenoxy) is 5. The van der Waals surface area contributed by atoms with Gasteiger partial charge in [0.05, 0.1) is 6.61 Å². The van der Waals surface area contributed by atoms with Crippen molar-refractivity contribution in [3.05, 3.63) is 24.3 Å². The first-order valence-electron chi connectivity index (χ1n) is 29.3. The third-order valence-electron chi connectivity index (χ3n) is 13.5. The highest BCUT2D eigenvalue weighted by Gasteiger charge is 2.50. The van der Waals surface area contributed by atoms with E-state index >= 15 is 0 Å². The normalized spacial score (nSPS) is 18.6. The van der Waals surface area contributed by atoms with Crippen LogP contribution in [0.4, 0.5) is 0 Å². The van der Waals surface area contributed by atoms with Crippen LogP contribution in [0.1, 0.15) is 278 Å². The molecular weight excluding hydrogens is 901 g/mol. The SMILES string of the molecule is CCCCCC/C=C\CCCCCCCC(=O)OC1C(OCC(COC(=O)CCCCCCC/C=C\CCCCCCCC)OC(=O)CCCCCCCCCCCCCCC)OC(C(=O)O)C(O)C1O. The molecule has 0 amide bonds. The van der Waals surface area contributed by atoms with Gasteiger partial charge in [-0.2, -0.15) is 0 Å². The fourth-order valence-electron chi connectivity index (χ4n) is 8.95. The van der Waals surface area contributed by atoms with Crippen molar-refractivity contribution in [3.63, 3.8) is 0 Å². The average molecular weight is 1010 g/mol. The lowest BCUT2D eigenvalue weighted by Gasteiger charge is -2.40. The molecule has 1 rings (SSSR count). The number of hydrogen-bond acceptors (Lipinski definition) is 11. The molecule has 1 fully saturated rings. The molecule has 12 heteroatoms. The zero-order valence-corrected chi connectivity index (χ0v) is 45.5. The monoisotopic (exact) mass is 1010 g/mol. The number of aliphatic carboxylic acids is 1. The summed E-state index contributed by atoms with van der Waals surface area (Å²) in [4.78, 5) is 51.0. The first kappa shape index (κ1) is 66.2. The summed E-state index contributed by atoms with van der Waals surface area (Å²) < 4.78 is 28.4. The maximum absolute atomic E-state index is 13.1. The van der Waals surface area contributed by atoms with Gasteiger partial charge in [-0.1, -0.05) is 212 Å². The Morgan fingerprint density at radius 1 is 0.451 bits per heavy atom. The molecule has 1 saturated heterocycles. The molecule has 12 nitrogen and oxygen atoms in total. The second-order valence-corrected chi connectivity index (χ2v) is 20.3. The topological polar surface area (TPSA) is 175 Å². The fraction of sp³-hybridized carbons (Fsp3) is 0.864. The first-order valence-corrected chi connectivity index (χ1v) is 29.3. The van der Waals surface area contributed by atoms with Crippen molar-refractivity contribution < 1.29 is 58.2 Å². The van der Waals surface area contributed by atoms with E-state index in [0.717, 1.165) is 96.3 Å². The van der Waals surface area contributed by atoms with E-state index < -0.39 is 67.3 Å².